The molecule has 1 N–H and O–H groups in total. The zero-order valence-electron chi connectivity index (χ0n) is 31.7. The maximum atomic E-state index is 6.11. The zero-order chi connectivity index (χ0) is 37.8. The fourth-order valence-corrected chi connectivity index (χ4v) is 6.45. The summed E-state index contributed by atoms with van der Waals surface area (Å²) in [5.41, 5.74) is 6.12. The molecular weight excluding hydrogens is 713 g/mol. The van der Waals surface area contributed by atoms with Gasteiger partial charge < -0.3 is 19.7 Å². The summed E-state index contributed by atoms with van der Waals surface area (Å²) in [6, 6.07) is 33.3. The summed E-state index contributed by atoms with van der Waals surface area (Å²) < 4.78 is 12.2. The molecule has 5 aromatic rings. The van der Waals surface area contributed by atoms with Crippen LogP contribution in [0.5, 0.6) is 11.5 Å². The highest BCUT2D eigenvalue weighted by Crippen LogP contribution is 2.36. The molecule has 1 heterocycles. The summed E-state index contributed by atoms with van der Waals surface area (Å²) in [6.45, 7) is 6.00. The first-order valence-corrected chi connectivity index (χ1v) is 20.2. The van der Waals surface area contributed by atoms with Gasteiger partial charge in [0.1, 0.15) is 11.5 Å². The molecule has 0 amide bonds. The molecule has 0 radical (unpaired) electrons. The maximum absolute atomic E-state index is 6.11. The van der Waals surface area contributed by atoms with Gasteiger partial charge in [0.05, 0.1) is 13.2 Å². The van der Waals surface area contributed by atoms with Crippen LogP contribution in [-0.2, 0) is 0 Å². The topological polar surface area (TPSA) is 72.4 Å². The van der Waals surface area contributed by atoms with Gasteiger partial charge in [-0.25, -0.2) is 0 Å². The molecule has 0 fully saturated rings. The first kappa shape index (κ1) is 40.6. The van der Waals surface area contributed by atoms with Gasteiger partial charge in [-0.15, -0.1) is 0 Å². The van der Waals surface area contributed by atoms with Gasteiger partial charge in [-0.05, 0) is 120 Å². The molecule has 0 saturated heterocycles. The number of nitrogens with one attached hydrogen (secondary N) is 1. The predicted octanol–water partition coefficient (Wildman–Crippen LogP) is 14.0. The summed E-state index contributed by atoms with van der Waals surface area (Å²) in [5.74, 6) is 2.09. The minimum Gasteiger partial charge on any atom is -0.494 e. The van der Waals surface area contributed by atoms with E-state index in [2.05, 4.69) is 124 Å². The molecule has 54 heavy (non-hydrogen) atoms. The summed E-state index contributed by atoms with van der Waals surface area (Å²) in [5, 5.41) is 3.17. The molecule has 0 aliphatic carbocycles. The Kier molecular flexibility index (Phi) is 17.0. The van der Waals surface area contributed by atoms with Crippen molar-refractivity contribution in [2.75, 3.05) is 23.4 Å². The van der Waals surface area contributed by atoms with Crippen molar-refractivity contribution in [3.05, 3.63) is 119 Å². The summed E-state index contributed by atoms with van der Waals surface area (Å²) in [7, 11) is 0. The number of hydrogen-bond donors (Lipinski definition) is 1. The highest BCUT2D eigenvalue weighted by atomic mass is 35.5. The highest BCUT2D eigenvalue weighted by Gasteiger charge is 2.13. The van der Waals surface area contributed by atoms with Crippen molar-refractivity contribution in [1.29, 1.82) is 0 Å². The molecule has 0 atom stereocenters. The van der Waals surface area contributed by atoms with Gasteiger partial charge in [-0.3, -0.25) is 0 Å². The van der Waals surface area contributed by atoms with Crippen molar-refractivity contribution < 1.29 is 9.47 Å². The molecule has 1 aromatic heterocycles. The second-order valence-electron chi connectivity index (χ2n) is 13.4. The SMILES string of the molecule is CCCCCCCCOc1ccc(N(c2ccc(/C=C/c3ccc(Nc4nc(Cl)nc(Cl)n4)cc3)cc2)c2ccc(OCCCCCCCC)cc2)cc1. The van der Waals surface area contributed by atoms with Crippen LogP contribution in [0.25, 0.3) is 12.2 Å². The van der Waals surface area contributed by atoms with E-state index in [1.165, 1.54) is 64.2 Å². The van der Waals surface area contributed by atoms with Crippen LogP contribution in [0.2, 0.25) is 10.6 Å². The van der Waals surface area contributed by atoms with Crippen molar-refractivity contribution >= 4 is 64.1 Å². The minimum atomic E-state index is 0.0365. The summed E-state index contributed by atoms with van der Waals surface area (Å²) in [6.07, 6.45) is 19.2. The van der Waals surface area contributed by atoms with E-state index in [-0.39, 0.29) is 16.5 Å². The van der Waals surface area contributed by atoms with Crippen molar-refractivity contribution in [1.82, 2.24) is 15.0 Å². The molecule has 0 aliphatic rings. The summed E-state index contributed by atoms with van der Waals surface area (Å²) >= 11 is 11.8. The minimum absolute atomic E-state index is 0.0365. The third-order valence-corrected chi connectivity index (χ3v) is 9.43. The Labute approximate surface area is 331 Å². The molecule has 5 rings (SSSR count). The second kappa shape index (κ2) is 22.6. The van der Waals surface area contributed by atoms with Gasteiger partial charge in [0.15, 0.2) is 0 Å². The predicted molar refractivity (Wildman–Crippen MR) is 227 cm³/mol. The van der Waals surface area contributed by atoms with Crippen LogP contribution in [0.1, 0.15) is 102 Å². The lowest BCUT2D eigenvalue weighted by molar-refractivity contribution is 0.304. The monoisotopic (exact) mass is 765 g/mol. The molecule has 9 heteroatoms. The first-order chi connectivity index (χ1) is 26.5. The van der Waals surface area contributed by atoms with Crippen LogP contribution in [0.15, 0.2) is 97.1 Å². The number of benzene rings is 4. The molecule has 4 aromatic carbocycles. The molecule has 0 spiro atoms. The molecule has 0 bridgehead atoms. The number of halogens is 2. The number of rotatable bonds is 23. The van der Waals surface area contributed by atoms with E-state index < -0.39 is 0 Å². The smallest absolute Gasteiger partial charge is 0.232 e. The normalized spacial score (nSPS) is 11.2. The van der Waals surface area contributed by atoms with Crippen molar-refractivity contribution in [3.63, 3.8) is 0 Å². The van der Waals surface area contributed by atoms with E-state index in [1.54, 1.807) is 0 Å². The zero-order valence-corrected chi connectivity index (χ0v) is 33.2. The fourth-order valence-electron chi connectivity index (χ4n) is 6.09. The van der Waals surface area contributed by atoms with E-state index >= 15 is 0 Å². The number of ether oxygens (including phenoxy) is 2. The number of aromatic nitrogens is 3. The van der Waals surface area contributed by atoms with E-state index in [0.717, 1.165) is 71.4 Å². The van der Waals surface area contributed by atoms with E-state index in [9.17, 15) is 0 Å². The first-order valence-electron chi connectivity index (χ1n) is 19.5. The maximum Gasteiger partial charge on any atom is 0.232 e. The van der Waals surface area contributed by atoms with Crippen molar-refractivity contribution in [2.45, 2.75) is 90.9 Å². The van der Waals surface area contributed by atoms with E-state index in [4.69, 9.17) is 32.7 Å². The lowest BCUT2D eigenvalue weighted by atomic mass is 10.1. The molecule has 0 unspecified atom stereocenters. The van der Waals surface area contributed by atoms with Crippen molar-refractivity contribution in [3.8, 4) is 11.5 Å². The van der Waals surface area contributed by atoms with Gasteiger partial charge in [-0.2, -0.15) is 15.0 Å². The Bertz CT molecular complexity index is 1750. The Morgan fingerprint density at radius 2 is 0.889 bits per heavy atom. The largest absolute Gasteiger partial charge is 0.494 e. The van der Waals surface area contributed by atoms with Crippen molar-refractivity contribution in [2.24, 2.45) is 0 Å². The van der Waals surface area contributed by atoms with Crippen LogP contribution < -0.4 is 19.7 Å². The molecule has 7 nitrogen and oxygen atoms in total. The lowest BCUT2D eigenvalue weighted by Crippen LogP contribution is -2.10. The van der Waals surface area contributed by atoms with E-state index in [1.807, 2.05) is 24.3 Å². The van der Waals surface area contributed by atoms with Crippen LogP contribution in [-0.4, -0.2) is 28.2 Å². The van der Waals surface area contributed by atoms with Crippen LogP contribution in [0, 0.1) is 0 Å². The quantitative estimate of drug-likeness (QED) is 0.0524. The van der Waals surface area contributed by atoms with Crippen LogP contribution in [0.4, 0.5) is 28.7 Å². The fraction of sp³-hybridized carbons (Fsp3) is 0.356. The Hall–Kier alpha value is -4.59. The van der Waals surface area contributed by atoms with Gasteiger partial charge in [0.2, 0.25) is 16.5 Å². The number of anilines is 5. The van der Waals surface area contributed by atoms with Gasteiger partial charge in [-0.1, -0.05) is 114 Å². The van der Waals surface area contributed by atoms with E-state index in [0.29, 0.717) is 0 Å². The molecule has 284 valence electrons. The Morgan fingerprint density at radius 3 is 1.33 bits per heavy atom. The molecule has 0 aliphatic heterocycles. The lowest BCUT2D eigenvalue weighted by Gasteiger charge is -2.26. The average molecular weight is 767 g/mol. The Morgan fingerprint density at radius 1 is 0.500 bits per heavy atom. The van der Waals surface area contributed by atoms with Crippen LogP contribution >= 0.6 is 23.2 Å². The van der Waals surface area contributed by atoms with Crippen LogP contribution in [0.3, 0.4) is 0 Å². The molecular formula is C45H53Cl2N5O2. The molecule has 0 saturated carbocycles. The standard InChI is InChI=1S/C45H53Cl2N5O2/c1-3-5-7-9-11-13-33-53-41-29-25-39(26-30-41)52(40-27-31-42(32-28-40)54-34-14-12-10-8-6-4-2)38-23-19-36(20-24-38)16-15-35-17-21-37(22-18-35)48-45-50-43(46)49-44(47)51-45/h15-32H,3-14,33-34H2,1-2H3,(H,48,49,50,51)/b16-15+. The average Bonchev–Trinajstić information content (AvgIpc) is 3.18. The van der Waals surface area contributed by atoms with Gasteiger partial charge >= 0.3 is 0 Å². The van der Waals surface area contributed by atoms with Gasteiger partial charge in [0.25, 0.3) is 0 Å². The number of unbranched alkanes of at least 4 members (excludes halogenated alkanes) is 10. The highest BCUT2D eigenvalue weighted by molar-refractivity contribution is 6.31. The van der Waals surface area contributed by atoms with Gasteiger partial charge in [0, 0.05) is 22.7 Å². The third kappa shape index (κ3) is 13.7. The second-order valence-corrected chi connectivity index (χ2v) is 14.1. The number of hydrogen-bond acceptors (Lipinski definition) is 7. The summed E-state index contributed by atoms with van der Waals surface area (Å²) in [4.78, 5) is 14.2. The number of nitrogens with zero attached hydrogens (tertiary/aromatic N) is 4. The third-order valence-electron chi connectivity index (χ3n) is 9.09. The Balaban J connectivity index is 1.24.